The molecule has 1 aliphatic heterocycles. The van der Waals surface area contributed by atoms with Crippen LogP contribution in [0.25, 0.3) is 10.9 Å². The molecule has 4 rings (SSSR count). The largest absolute Gasteiger partial charge is 0.486 e. The molecule has 4 nitrogen and oxygen atoms in total. The molecule has 2 heterocycles. The van der Waals surface area contributed by atoms with Crippen molar-refractivity contribution in [3.63, 3.8) is 0 Å². The highest BCUT2D eigenvalue weighted by atomic mass is 32.2. The fourth-order valence-electron chi connectivity index (χ4n) is 3.34. The number of aryl methyl sites for hydroxylation is 2. The Morgan fingerprint density at radius 3 is 2.69 bits per heavy atom. The molecule has 1 unspecified atom stereocenters. The molecule has 1 atom stereocenters. The highest BCUT2D eigenvalue weighted by molar-refractivity contribution is 7.99. The summed E-state index contributed by atoms with van der Waals surface area (Å²) in [5.74, 6) is 1.28. The number of hydrogen-bond acceptors (Lipinski definition) is 4. The minimum Gasteiger partial charge on any atom is -0.486 e. The topological polar surface area (TPSA) is 48.3 Å². The van der Waals surface area contributed by atoms with Crippen LogP contribution < -0.4 is 10.3 Å². The second kappa shape index (κ2) is 6.65. The first-order valence-electron chi connectivity index (χ1n) is 8.52. The molecule has 132 valence electrons. The van der Waals surface area contributed by atoms with E-state index in [-0.39, 0.29) is 23.9 Å². The lowest BCUT2D eigenvalue weighted by Gasteiger charge is -2.14. The third-order valence-electron chi connectivity index (χ3n) is 4.85. The lowest BCUT2D eigenvalue weighted by molar-refractivity contribution is -0.121. The van der Waals surface area contributed by atoms with Gasteiger partial charge in [-0.3, -0.25) is 9.59 Å². The summed E-state index contributed by atoms with van der Waals surface area (Å²) in [7, 11) is 1.76. The van der Waals surface area contributed by atoms with Crippen LogP contribution in [0.2, 0.25) is 0 Å². The Bertz CT molecular complexity index is 1050. The number of carbonyl (C=O) groups is 1. The lowest BCUT2D eigenvalue weighted by Crippen LogP contribution is -2.21. The molecule has 0 bridgehead atoms. The van der Waals surface area contributed by atoms with Crippen LogP contribution in [-0.4, -0.2) is 22.7 Å². The number of pyridine rings is 1. The zero-order valence-corrected chi connectivity index (χ0v) is 15.5. The van der Waals surface area contributed by atoms with Gasteiger partial charge in [-0.05, 0) is 42.8 Å². The van der Waals surface area contributed by atoms with Crippen molar-refractivity contribution in [1.82, 2.24) is 4.57 Å². The van der Waals surface area contributed by atoms with Gasteiger partial charge in [-0.25, -0.2) is 0 Å². The minimum atomic E-state index is -0.207. The number of carbonyl (C=O) groups excluding carboxylic acids is 1. The third-order valence-corrected chi connectivity index (χ3v) is 6.02. The van der Waals surface area contributed by atoms with Gasteiger partial charge < -0.3 is 9.30 Å². The number of fused-ring (bicyclic) bond motifs is 3. The molecule has 5 heteroatoms. The van der Waals surface area contributed by atoms with E-state index in [2.05, 4.69) is 0 Å². The van der Waals surface area contributed by atoms with E-state index in [4.69, 9.17) is 4.74 Å². The maximum Gasteiger partial charge on any atom is 0.250 e. The fraction of sp³-hybridized carbons (Fsp3) is 0.238. The zero-order valence-electron chi connectivity index (χ0n) is 14.7. The quantitative estimate of drug-likeness (QED) is 0.708. The van der Waals surface area contributed by atoms with E-state index in [1.54, 1.807) is 29.4 Å². The molecule has 2 aromatic carbocycles. The summed E-state index contributed by atoms with van der Waals surface area (Å²) in [6, 6.07) is 15.1. The molecule has 0 spiro atoms. The Morgan fingerprint density at radius 1 is 1.15 bits per heavy atom. The number of Topliss-reactive ketones (excluding diaryl/α,β-unsaturated/α-hetero) is 1. The number of rotatable bonds is 4. The van der Waals surface area contributed by atoms with Crippen molar-refractivity contribution in [2.45, 2.75) is 17.7 Å². The van der Waals surface area contributed by atoms with Crippen molar-refractivity contribution >= 4 is 28.4 Å². The van der Waals surface area contributed by atoms with E-state index in [0.29, 0.717) is 11.5 Å². The van der Waals surface area contributed by atoms with Gasteiger partial charge in [0.15, 0.2) is 5.78 Å². The van der Waals surface area contributed by atoms with Crippen LogP contribution in [-0.2, 0) is 11.8 Å². The summed E-state index contributed by atoms with van der Waals surface area (Å²) in [4.78, 5) is 25.9. The lowest BCUT2D eigenvalue weighted by atomic mass is 9.93. The first kappa shape index (κ1) is 16.9. The highest BCUT2D eigenvalue weighted by Gasteiger charge is 2.31. The number of hydrogen-bond donors (Lipinski definition) is 0. The van der Waals surface area contributed by atoms with Crippen LogP contribution in [0.5, 0.6) is 5.75 Å². The molecule has 0 radical (unpaired) electrons. The van der Waals surface area contributed by atoms with Gasteiger partial charge in [0, 0.05) is 29.1 Å². The van der Waals surface area contributed by atoms with E-state index < -0.39 is 0 Å². The molecular formula is C21H19NO3S. The fourth-order valence-corrected chi connectivity index (χ4v) is 4.61. The maximum absolute atomic E-state index is 12.8. The standard InChI is InChI=1S/C21H19NO3S/c1-13-3-5-14(6-4-13)25-11-18(23)16-12-26-19-9-8-17-15(21(16)19)7-10-20(24)22(17)2/h3-10,16H,11-12H2,1-2H3. The first-order chi connectivity index (χ1) is 12.5. The van der Waals surface area contributed by atoms with Crippen molar-refractivity contribution in [2.24, 2.45) is 7.05 Å². The Kier molecular flexibility index (Phi) is 4.32. The van der Waals surface area contributed by atoms with Gasteiger partial charge in [0.1, 0.15) is 12.4 Å². The minimum absolute atomic E-state index is 0.0475. The number of thioether (sulfide) groups is 1. The van der Waals surface area contributed by atoms with Gasteiger partial charge in [0.25, 0.3) is 5.56 Å². The van der Waals surface area contributed by atoms with E-state index in [1.165, 1.54) is 0 Å². The van der Waals surface area contributed by atoms with Crippen LogP contribution in [0.4, 0.5) is 0 Å². The van der Waals surface area contributed by atoms with Gasteiger partial charge in [0.2, 0.25) is 0 Å². The molecule has 0 saturated heterocycles. The summed E-state index contributed by atoms with van der Waals surface area (Å²) in [6.07, 6.45) is 0. The summed E-state index contributed by atoms with van der Waals surface area (Å²) in [5.41, 5.74) is 2.99. The molecule has 0 fully saturated rings. The summed E-state index contributed by atoms with van der Waals surface area (Å²) in [6.45, 7) is 2.07. The number of benzene rings is 2. The van der Waals surface area contributed by atoms with Crippen LogP contribution >= 0.6 is 11.8 Å². The molecule has 0 amide bonds. The van der Waals surface area contributed by atoms with Crippen molar-refractivity contribution in [1.29, 1.82) is 0 Å². The van der Waals surface area contributed by atoms with Crippen LogP contribution in [0.1, 0.15) is 17.0 Å². The van der Waals surface area contributed by atoms with Crippen molar-refractivity contribution < 1.29 is 9.53 Å². The Labute approximate surface area is 155 Å². The molecule has 1 aromatic heterocycles. The predicted molar refractivity (Wildman–Crippen MR) is 104 cm³/mol. The molecule has 1 aliphatic rings. The van der Waals surface area contributed by atoms with Gasteiger partial charge >= 0.3 is 0 Å². The average Bonchev–Trinajstić information content (AvgIpc) is 3.08. The molecule has 0 N–H and O–H groups in total. The predicted octanol–water partition coefficient (Wildman–Crippen LogP) is 3.68. The Balaban J connectivity index is 1.63. The van der Waals surface area contributed by atoms with E-state index in [9.17, 15) is 9.59 Å². The van der Waals surface area contributed by atoms with Crippen molar-refractivity contribution in [3.05, 3.63) is 70.0 Å². The smallest absolute Gasteiger partial charge is 0.250 e. The van der Waals surface area contributed by atoms with Crippen LogP contribution in [0.15, 0.2) is 58.2 Å². The van der Waals surface area contributed by atoms with E-state index in [0.717, 1.165) is 26.9 Å². The van der Waals surface area contributed by atoms with Gasteiger partial charge in [-0.2, -0.15) is 0 Å². The third kappa shape index (κ3) is 2.92. The number of ether oxygens (including phenoxy) is 1. The van der Waals surface area contributed by atoms with Crippen LogP contribution in [0.3, 0.4) is 0 Å². The van der Waals surface area contributed by atoms with Gasteiger partial charge in [-0.15, -0.1) is 11.8 Å². The molecular weight excluding hydrogens is 346 g/mol. The van der Waals surface area contributed by atoms with Gasteiger partial charge in [0.05, 0.1) is 11.4 Å². The molecule has 0 saturated carbocycles. The monoisotopic (exact) mass is 365 g/mol. The first-order valence-corrected chi connectivity index (χ1v) is 9.51. The summed E-state index contributed by atoms with van der Waals surface area (Å²) >= 11 is 1.69. The molecule has 0 aliphatic carbocycles. The SMILES string of the molecule is Cc1ccc(OCC(=O)C2CSc3ccc4c(ccc(=O)n4C)c32)cc1. The molecule has 26 heavy (non-hydrogen) atoms. The average molecular weight is 365 g/mol. The van der Waals surface area contributed by atoms with E-state index in [1.807, 2.05) is 49.4 Å². The number of aromatic nitrogens is 1. The highest BCUT2D eigenvalue weighted by Crippen LogP contribution is 2.43. The zero-order chi connectivity index (χ0) is 18.3. The van der Waals surface area contributed by atoms with Gasteiger partial charge in [-0.1, -0.05) is 17.7 Å². The Morgan fingerprint density at radius 2 is 1.92 bits per heavy atom. The normalized spacial score (nSPS) is 15.8. The van der Waals surface area contributed by atoms with Crippen LogP contribution in [0, 0.1) is 6.92 Å². The van der Waals surface area contributed by atoms with E-state index >= 15 is 0 Å². The number of nitrogens with zero attached hydrogens (tertiary/aromatic N) is 1. The van der Waals surface area contributed by atoms with Crippen molar-refractivity contribution in [2.75, 3.05) is 12.4 Å². The maximum atomic E-state index is 12.8. The summed E-state index contributed by atoms with van der Waals surface area (Å²) in [5, 5.41) is 0.975. The second-order valence-electron chi connectivity index (χ2n) is 6.57. The Hall–Kier alpha value is -2.53. The molecule has 3 aromatic rings. The summed E-state index contributed by atoms with van der Waals surface area (Å²) < 4.78 is 7.32. The van der Waals surface area contributed by atoms with Crippen molar-refractivity contribution in [3.8, 4) is 5.75 Å². The number of ketones is 1. The second-order valence-corrected chi connectivity index (χ2v) is 7.63.